The van der Waals surface area contributed by atoms with Crippen molar-refractivity contribution in [3.8, 4) is 34.0 Å². The third-order valence-electron chi connectivity index (χ3n) is 7.22. The molecule has 0 atom stereocenters. The molecule has 0 saturated carbocycles. The number of pyridine rings is 2. The van der Waals surface area contributed by atoms with Crippen molar-refractivity contribution in [2.24, 2.45) is 0 Å². The second kappa shape index (κ2) is 12.6. The normalized spacial score (nSPS) is 10.7. The Morgan fingerprint density at radius 3 is 1.69 bits per heavy atom. The Bertz CT molecular complexity index is 1900. The van der Waals surface area contributed by atoms with Gasteiger partial charge in [0.1, 0.15) is 11.5 Å². The van der Waals surface area contributed by atoms with Gasteiger partial charge in [-0.2, -0.15) is 0 Å². The van der Waals surface area contributed by atoms with Crippen LogP contribution in [0.25, 0.3) is 44.3 Å². The number of aliphatic hydroxyl groups is 1. The SMILES string of the molecule is COc1ccccc1-c1nc2c(C)cccc2cc1C=O.COc1ccccc1-c1nc2c(C)cccc2cc1CO. The third kappa shape index (κ3) is 5.57. The Morgan fingerprint density at radius 1 is 0.667 bits per heavy atom. The second-order valence-electron chi connectivity index (χ2n) is 9.89. The zero-order valence-corrected chi connectivity index (χ0v) is 24.1. The van der Waals surface area contributed by atoms with Crippen LogP contribution in [-0.4, -0.2) is 35.6 Å². The van der Waals surface area contributed by atoms with Gasteiger partial charge >= 0.3 is 0 Å². The van der Waals surface area contributed by atoms with Crippen LogP contribution in [0.4, 0.5) is 0 Å². The highest BCUT2D eigenvalue weighted by Gasteiger charge is 2.15. The summed E-state index contributed by atoms with van der Waals surface area (Å²) in [5.41, 5.74) is 8.59. The largest absolute Gasteiger partial charge is 0.496 e. The van der Waals surface area contributed by atoms with E-state index in [1.165, 1.54) is 0 Å². The molecule has 1 N–H and O–H groups in total. The van der Waals surface area contributed by atoms with E-state index in [-0.39, 0.29) is 6.61 Å². The molecule has 4 aromatic carbocycles. The van der Waals surface area contributed by atoms with Gasteiger partial charge in [0.2, 0.25) is 0 Å². The number of aromatic nitrogens is 2. The maximum absolute atomic E-state index is 11.4. The smallest absolute Gasteiger partial charge is 0.152 e. The molecular weight excluding hydrogens is 524 g/mol. The van der Waals surface area contributed by atoms with Crippen molar-refractivity contribution in [1.82, 2.24) is 9.97 Å². The van der Waals surface area contributed by atoms with Gasteiger partial charge < -0.3 is 14.6 Å². The van der Waals surface area contributed by atoms with Crippen LogP contribution in [-0.2, 0) is 6.61 Å². The Labute approximate surface area is 245 Å². The molecular formula is C36H32N2O4. The lowest BCUT2D eigenvalue weighted by Crippen LogP contribution is -1.97. The van der Waals surface area contributed by atoms with Crippen LogP contribution in [0.1, 0.15) is 27.0 Å². The number of aliphatic hydroxyl groups excluding tert-OH is 1. The molecule has 42 heavy (non-hydrogen) atoms. The van der Waals surface area contributed by atoms with Crippen LogP contribution in [0.2, 0.25) is 0 Å². The number of hydrogen-bond acceptors (Lipinski definition) is 6. The molecule has 210 valence electrons. The fourth-order valence-corrected chi connectivity index (χ4v) is 5.09. The van der Waals surface area contributed by atoms with E-state index in [0.29, 0.717) is 17.0 Å². The standard InChI is InChI=1S/C18H17NO2.C18H15NO2/c2*1-12-6-5-7-13-10-14(11-20)18(19-17(12)13)15-8-3-4-9-16(15)21-2/h3-10,20H,11H2,1-2H3;3-11H,1-2H3. The molecule has 0 fully saturated rings. The number of fused-ring (bicyclic) bond motifs is 2. The fourth-order valence-electron chi connectivity index (χ4n) is 5.09. The maximum atomic E-state index is 11.4. The summed E-state index contributed by atoms with van der Waals surface area (Å²) >= 11 is 0. The summed E-state index contributed by atoms with van der Waals surface area (Å²) < 4.78 is 10.8. The van der Waals surface area contributed by atoms with Crippen LogP contribution in [0.15, 0.2) is 97.1 Å². The lowest BCUT2D eigenvalue weighted by Gasteiger charge is -2.13. The van der Waals surface area contributed by atoms with Crippen molar-refractivity contribution in [2.75, 3.05) is 14.2 Å². The van der Waals surface area contributed by atoms with Crippen LogP contribution >= 0.6 is 0 Å². The molecule has 2 heterocycles. The number of rotatable bonds is 6. The van der Waals surface area contributed by atoms with Crippen molar-refractivity contribution in [2.45, 2.75) is 20.5 Å². The third-order valence-corrected chi connectivity index (χ3v) is 7.22. The fraction of sp³-hybridized carbons (Fsp3) is 0.139. The van der Waals surface area contributed by atoms with Gasteiger partial charge in [0.25, 0.3) is 0 Å². The van der Waals surface area contributed by atoms with Crippen molar-refractivity contribution >= 4 is 28.1 Å². The molecule has 6 heteroatoms. The highest BCUT2D eigenvalue weighted by molar-refractivity contribution is 5.95. The highest BCUT2D eigenvalue weighted by Crippen LogP contribution is 2.34. The summed E-state index contributed by atoms with van der Waals surface area (Å²) in [7, 11) is 3.26. The molecule has 6 rings (SSSR count). The lowest BCUT2D eigenvalue weighted by molar-refractivity contribution is 0.112. The molecule has 0 amide bonds. The Morgan fingerprint density at radius 2 is 1.17 bits per heavy atom. The summed E-state index contributed by atoms with van der Waals surface area (Å²) in [6.07, 6.45) is 0.844. The van der Waals surface area contributed by atoms with E-state index in [2.05, 4.69) is 0 Å². The van der Waals surface area contributed by atoms with Gasteiger partial charge in [-0.1, -0.05) is 60.7 Å². The monoisotopic (exact) mass is 556 g/mol. The average molecular weight is 557 g/mol. The molecule has 0 spiro atoms. The van der Waals surface area contributed by atoms with E-state index in [4.69, 9.17) is 19.4 Å². The Balaban J connectivity index is 0.000000168. The number of carbonyl (C=O) groups excluding carboxylic acids is 1. The van der Waals surface area contributed by atoms with E-state index in [1.54, 1.807) is 14.2 Å². The maximum Gasteiger partial charge on any atom is 0.152 e. The number of aryl methyl sites for hydroxylation is 2. The number of aldehydes is 1. The predicted molar refractivity (Wildman–Crippen MR) is 168 cm³/mol. The van der Waals surface area contributed by atoms with Crippen molar-refractivity contribution in [3.05, 3.63) is 119 Å². The first-order valence-corrected chi connectivity index (χ1v) is 13.6. The number of ether oxygens (including phenoxy) is 2. The lowest BCUT2D eigenvalue weighted by atomic mass is 10.0. The number of benzene rings is 4. The molecule has 0 aliphatic rings. The first-order chi connectivity index (χ1) is 20.5. The van der Waals surface area contributed by atoms with Crippen LogP contribution in [0.5, 0.6) is 11.5 Å². The molecule has 6 nitrogen and oxygen atoms in total. The van der Waals surface area contributed by atoms with Gasteiger partial charge in [-0.3, -0.25) is 4.79 Å². The molecule has 6 aromatic rings. The summed E-state index contributed by atoms with van der Waals surface area (Å²) in [5.74, 6) is 1.47. The topological polar surface area (TPSA) is 81.5 Å². The van der Waals surface area contributed by atoms with Crippen LogP contribution in [0, 0.1) is 13.8 Å². The molecule has 0 unspecified atom stereocenters. The first-order valence-electron chi connectivity index (χ1n) is 13.6. The zero-order valence-electron chi connectivity index (χ0n) is 24.1. The van der Waals surface area contributed by atoms with E-state index in [9.17, 15) is 9.90 Å². The summed E-state index contributed by atoms with van der Waals surface area (Å²) in [6, 6.07) is 31.2. The molecule has 0 radical (unpaired) electrons. The minimum Gasteiger partial charge on any atom is -0.496 e. The van der Waals surface area contributed by atoms with Crippen molar-refractivity contribution in [3.63, 3.8) is 0 Å². The van der Waals surface area contributed by atoms with E-state index in [0.717, 1.165) is 67.4 Å². The Hall–Kier alpha value is -5.07. The minimum absolute atomic E-state index is 0.0513. The van der Waals surface area contributed by atoms with E-state index in [1.807, 2.05) is 111 Å². The molecule has 0 bridgehead atoms. The summed E-state index contributed by atoms with van der Waals surface area (Å²) in [4.78, 5) is 20.9. The zero-order chi connectivity index (χ0) is 29.6. The van der Waals surface area contributed by atoms with Gasteiger partial charge in [0.15, 0.2) is 6.29 Å². The van der Waals surface area contributed by atoms with Gasteiger partial charge in [-0.05, 0) is 61.4 Å². The van der Waals surface area contributed by atoms with Crippen molar-refractivity contribution in [1.29, 1.82) is 0 Å². The minimum atomic E-state index is -0.0513. The average Bonchev–Trinajstić information content (AvgIpc) is 3.04. The van der Waals surface area contributed by atoms with Gasteiger partial charge in [0.05, 0.1) is 43.2 Å². The highest BCUT2D eigenvalue weighted by atomic mass is 16.5. The summed E-state index contributed by atoms with van der Waals surface area (Å²) in [6.45, 7) is 4.01. The molecule has 0 aliphatic heterocycles. The number of hydrogen-bond donors (Lipinski definition) is 1. The predicted octanol–water partition coefficient (Wildman–Crippen LogP) is 7.74. The van der Waals surface area contributed by atoms with Gasteiger partial charge in [-0.25, -0.2) is 9.97 Å². The first kappa shape index (κ1) is 28.5. The van der Waals surface area contributed by atoms with E-state index >= 15 is 0 Å². The molecule has 0 saturated heterocycles. The number of carbonyl (C=O) groups is 1. The Kier molecular flexibility index (Phi) is 8.55. The molecule has 2 aromatic heterocycles. The number of methoxy groups -OCH3 is 2. The van der Waals surface area contributed by atoms with Gasteiger partial charge in [0, 0.05) is 33.0 Å². The van der Waals surface area contributed by atoms with E-state index < -0.39 is 0 Å². The quantitative estimate of drug-likeness (QED) is 0.211. The number of nitrogens with zero attached hydrogens (tertiary/aromatic N) is 2. The summed E-state index contributed by atoms with van der Waals surface area (Å²) in [5, 5.41) is 11.7. The van der Waals surface area contributed by atoms with Crippen LogP contribution < -0.4 is 9.47 Å². The van der Waals surface area contributed by atoms with Crippen molar-refractivity contribution < 1.29 is 19.4 Å². The molecule has 0 aliphatic carbocycles. The van der Waals surface area contributed by atoms with Gasteiger partial charge in [-0.15, -0.1) is 0 Å². The second-order valence-corrected chi connectivity index (χ2v) is 9.89. The number of para-hydroxylation sites is 4. The van der Waals surface area contributed by atoms with Crippen LogP contribution in [0.3, 0.4) is 0 Å².